The monoisotopic (exact) mass is 309 g/mol. The number of hydrogen-bond acceptors (Lipinski definition) is 3. The zero-order chi connectivity index (χ0) is 13.8. The Morgan fingerprint density at radius 3 is 2.61 bits per heavy atom. The van der Waals surface area contributed by atoms with Gasteiger partial charge in [0.25, 0.3) is 0 Å². The third kappa shape index (κ3) is 4.01. The second kappa shape index (κ2) is 6.21. The first-order valence-electron chi connectivity index (χ1n) is 6.08. The molecular weight excluding hydrogens is 290 g/mol. The second-order valence-electron chi connectivity index (χ2n) is 5.29. The fraction of sp³-hybridized carbons (Fsp3) is 0.500. The van der Waals surface area contributed by atoms with Gasteiger partial charge >= 0.3 is 0 Å². The quantitative estimate of drug-likeness (QED) is 0.875. The van der Waals surface area contributed by atoms with Crippen molar-refractivity contribution in [1.29, 1.82) is 5.26 Å². The van der Waals surface area contributed by atoms with Gasteiger partial charge in [-0.05, 0) is 53.4 Å². The zero-order valence-electron chi connectivity index (χ0n) is 11.1. The Morgan fingerprint density at radius 2 is 2.17 bits per heavy atom. The molecule has 4 heteroatoms. The molecule has 0 amide bonds. The van der Waals surface area contributed by atoms with E-state index in [1.807, 2.05) is 12.1 Å². The Kier molecular flexibility index (Phi) is 5.18. The van der Waals surface area contributed by atoms with Crippen LogP contribution in [0.15, 0.2) is 22.7 Å². The van der Waals surface area contributed by atoms with Crippen molar-refractivity contribution in [1.82, 2.24) is 0 Å². The maximum Gasteiger partial charge on any atom is 0.100 e. The molecule has 0 aliphatic rings. The number of nitrogens with two attached hydrogens (primary N) is 1. The summed E-state index contributed by atoms with van der Waals surface area (Å²) in [5.74, 6) is 0.577. The summed E-state index contributed by atoms with van der Waals surface area (Å²) in [4.78, 5) is 0. The van der Waals surface area contributed by atoms with Crippen LogP contribution in [0.1, 0.15) is 32.8 Å². The van der Waals surface area contributed by atoms with Crippen molar-refractivity contribution in [3.8, 4) is 6.07 Å². The SMILES string of the molecule is CC(C)CC(C)(CN)Nc1ccc(C#N)c(Br)c1. The van der Waals surface area contributed by atoms with E-state index in [1.54, 1.807) is 6.07 Å². The summed E-state index contributed by atoms with van der Waals surface area (Å²) < 4.78 is 0.805. The van der Waals surface area contributed by atoms with Crippen LogP contribution in [0.4, 0.5) is 5.69 Å². The lowest BCUT2D eigenvalue weighted by atomic mass is 9.90. The van der Waals surface area contributed by atoms with Crippen LogP contribution in [0.25, 0.3) is 0 Å². The first-order chi connectivity index (χ1) is 8.40. The molecule has 0 aliphatic carbocycles. The highest BCUT2D eigenvalue weighted by molar-refractivity contribution is 9.10. The number of benzene rings is 1. The zero-order valence-corrected chi connectivity index (χ0v) is 12.7. The van der Waals surface area contributed by atoms with E-state index in [0.717, 1.165) is 16.6 Å². The highest BCUT2D eigenvalue weighted by atomic mass is 79.9. The Bertz CT molecular complexity index is 451. The summed E-state index contributed by atoms with van der Waals surface area (Å²) >= 11 is 3.39. The molecule has 0 heterocycles. The minimum absolute atomic E-state index is 0.123. The Balaban J connectivity index is 2.89. The van der Waals surface area contributed by atoms with Crippen LogP contribution < -0.4 is 11.1 Å². The van der Waals surface area contributed by atoms with Gasteiger partial charge in [-0.3, -0.25) is 0 Å². The molecule has 1 atom stereocenters. The van der Waals surface area contributed by atoms with Crippen LogP contribution in [0.3, 0.4) is 0 Å². The normalized spacial score (nSPS) is 14.1. The summed E-state index contributed by atoms with van der Waals surface area (Å²) in [6.07, 6.45) is 1.00. The maximum absolute atomic E-state index is 8.89. The molecule has 0 bridgehead atoms. The molecule has 0 fully saturated rings. The van der Waals surface area contributed by atoms with Gasteiger partial charge in [-0.25, -0.2) is 0 Å². The molecule has 0 spiro atoms. The predicted octanol–water partition coefficient (Wildman–Crippen LogP) is 3.50. The highest BCUT2D eigenvalue weighted by Crippen LogP contribution is 2.25. The molecular formula is C14H20BrN3. The summed E-state index contributed by atoms with van der Waals surface area (Å²) in [7, 11) is 0. The van der Waals surface area contributed by atoms with E-state index in [2.05, 4.69) is 48.1 Å². The van der Waals surface area contributed by atoms with Crippen molar-refractivity contribution in [3.63, 3.8) is 0 Å². The van der Waals surface area contributed by atoms with E-state index in [0.29, 0.717) is 18.0 Å². The first-order valence-corrected chi connectivity index (χ1v) is 6.87. The summed E-state index contributed by atoms with van der Waals surface area (Å²) in [6.45, 7) is 7.07. The van der Waals surface area contributed by atoms with Crippen LogP contribution >= 0.6 is 15.9 Å². The summed E-state index contributed by atoms with van der Waals surface area (Å²) in [5, 5.41) is 12.4. The van der Waals surface area contributed by atoms with Gasteiger partial charge in [0.2, 0.25) is 0 Å². The lowest BCUT2D eigenvalue weighted by Crippen LogP contribution is -2.43. The number of nitrogens with one attached hydrogen (secondary N) is 1. The van der Waals surface area contributed by atoms with Crippen molar-refractivity contribution < 1.29 is 0 Å². The Morgan fingerprint density at radius 1 is 1.50 bits per heavy atom. The third-order valence-corrected chi connectivity index (χ3v) is 3.50. The molecule has 1 aromatic rings. The van der Waals surface area contributed by atoms with Crippen molar-refractivity contribution in [2.24, 2.45) is 11.7 Å². The standard InChI is InChI=1S/C14H20BrN3/c1-10(2)7-14(3,9-17)18-12-5-4-11(8-16)13(15)6-12/h4-6,10,18H,7,9,17H2,1-3H3. The van der Waals surface area contributed by atoms with Crippen LogP contribution in [-0.4, -0.2) is 12.1 Å². The van der Waals surface area contributed by atoms with E-state index in [9.17, 15) is 0 Å². The smallest absolute Gasteiger partial charge is 0.100 e. The molecule has 1 aromatic carbocycles. The molecule has 18 heavy (non-hydrogen) atoms. The van der Waals surface area contributed by atoms with Crippen LogP contribution in [0.5, 0.6) is 0 Å². The first kappa shape index (κ1) is 15.0. The minimum Gasteiger partial charge on any atom is -0.379 e. The molecule has 3 N–H and O–H groups in total. The molecule has 0 aromatic heterocycles. The van der Waals surface area contributed by atoms with Crippen molar-refractivity contribution in [2.75, 3.05) is 11.9 Å². The number of nitriles is 1. The van der Waals surface area contributed by atoms with Gasteiger partial charge in [0.05, 0.1) is 5.56 Å². The van der Waals surface area contributed by atoms with Crippen LogP contribution in [-0.2, 0) is 0 Å². The van der Waals surface area contributed by atoms with Gasteiger partial charge in [0, 0.05) is 22.2 Å². The predicted molar refractivity (Wildman–Crippen MR) is 79.4 cm³/mol. The summed E-state index contributed by atoms with van der Waals surface area (Å²) in [6, 6.07) is 7.77. The van der Waals surface area contributed by atoms with Gasteiger partial charge in [-0.2, -0.15) is 5.26 Å². The molecule has 98 valence electrons. The Labute approximate surface area is 118 Å². The van der Waals surface area contributed by atoms with Gasteiger partial charge in [-0.1, -0.05) is 13.8 Å². The van der Waals surface area contributed by atoms with Gasteiger partial charge in [0.1, 0.15) is 6.07 Å². The number of halogens is 1. The molecule has 0 saturated heterocycles. The van der Waals surface area contributed by atoms with Gasteiger partial charge < -0.3 is 11.1 Å². The molecule has 0 saturated carbocycles. The molecule has 3 nitrogen and oxygen atoms in total. The van der Waals surface area contributed by atoms with Crippen LogP contribution in [0.2, 0.25) is 0 Å². The van der Waals surface area contributed by atoms with Crippen molar-refractivity contribution in [3.05, 3.63) is 28.2 Å². The van der Waals surface area contributed by atoms with E-state index in [-0.39, 0.29) is 5.54 Å². The van der Waals surface area contributed by atoms with Gasteiger partial charge in [-0.15, -0.1) is 0 Å². The third-order valence-electron chi connectivity index (χ3n) is 2.84. The maximum atomic E-state index is 8.89. The molecule has 1 rings (SSSR count). The van der Waals surface area contributed by atoms with E-state index in [4.69, 9.17) is 11.0 Å². The fourth-order valence-electron chi connectivity index (χ4n) is 2.12. The average molecular weight is 310 g/mol. The summed E-state index contributed by atoms with van der Waals surface area (Å²) in [5.41, 5.74) is 7.37. The minimum atomic E-state index is -0.123. The van der Waals surface area contributed by atoms with Crippen molar-refractivity contribution in [2.45, 2.75) is 32.7 Å². The lowest BCUT2D eigenvalue weighted by molar-refractivity contribution is 0.407. The second-order valence-corrected chi connectivity index (χ2v) is 6.15. The van der Waals surface area contributed by atoms with E-state index in [1.165, 1.54) is 0 Å². The highest BCUT2D eigenvalue weighted by Gasteiger charge is 2.23. The molecule has 1 unspecified atom stereocenters. The molecule has 0 aliphatic heterocycles. The average Bonchev–Trinajstić information content (AvgIpc) is 2.28. The largest absolute Gasteiger partial charge is 0.379 e. The fourth-order valence-corrected chi connectivity index (χ4v) is 2.59. The Hall–Kier alpha value is -1.05. The van der Waals surface area contributed by atoms with E-state index < -0.39 is 0 Å². The molecule has 0 radical (unpaired) electrons. The number of nitrogens with zero attached hydrogens (tertiary/aromatic N) is 1. The number of anilines is 1. The topological polar surface area (TPSA) is 61.8 Å². The lowest BCUT2D eigenvalue weighted by Gasteiger charge is -2.32. The van der Waals surface area contributed by atoms with Gasteiger partial charge in [0.15, 0.2) is 0 Å². The van der Waals surface area contributed by atoms with Crippen LogP contribution in [0, 0.1) is 17.2 Å². The number of hydrogen-bond donors (Lipinski definition) is 2. The van der Waals surface area contributed by atoms with Crippen molar-refractivity contribution >= 4 is 21.6 Å². The van der Waals surface area contributed by atoms with E-state index >= 15 is 0 Å². The number of rotatable bonds is 5.